The number of alkyl halides is 3. The molecule has 1 heterocycles. The molecule has 168 valence electrons. The molecule has 1 saturated carbocycles. The molecule has 2 aromatic rings. The number of aromatic nitrogens is 2. The van der Waals surface area contributed by atoms with Crippen molar-refractivity contribution in [1.29, 1.82) is 0 Å². The molecule has 31 heavy (non-hydrogen) atoms. The second-order valence-electron chi connectivity index (χ2n) is 7.34. The van der Waals surface area contributed by atoms with Gasteiger partial charge in [0.1, 0.15) is 5.69 Å². The van der Waals surface area contributed by atoms with Crippen LogP contribution in [0.5, 0.6) is 0 Å². The highest BCUT2D eigenvalue weighted by Gasteiger charge is 2.37. The average Bonchev–Trinajstić information content (AvgIpc) is 3.18. The number of anilines is 1. The Balaban J connectivity index is 1.76. The second kappa shape index (κ2) is 9.38. The van der Waals surface area contributed by atoms with Gasteiger partial charge in [0.15, 0.2) is 5.69 Å². The number of rotatable bonds is 6. The van der Waals surface area contributed by atoms with Gasteiger partial charge in [-0.2, -0.15) is 18.3 Å². The van der Waals surface area contributed by atoms with Gasteiger partial charge in [-0.3, -0.25) is 14.8 Å². The minimum Gasteiger partial charge on any atom is -0.465 e. The zero-order valence-corrected chi connectivity index (χ0v) is 16.8. The number of halogens is 3. The summed E-state index contributed by atoms with van der Waals surface area (Å²) < 4.78 is 46.2. The summed E-state index contributed by atoms with van der Waals surface area (Å²) >= 11 is 0. The van der Waals surface area contributed by atoms with E-state index in [0.717, 1.165) is 6.07 Å². The van der Waals surface area contributed by atoms with Gasteiger partial charge in [-0.1, -0.05) is 12.1 Å². The SMILES string of the molecule is COC1CCC(n2nc(C(F)(F)F)cc2C(=O)NCc2cccc(NC(=O)O)c2)CC1. The molecule has 0 saturated heterocycles. The van der Waals surface area contributed by atoms with Crippen LogP contribution in [0.15, 0.2) is 30.3 Å². The number of ether oxygens (including phenoxy) is 1. The molecule has 1 aromatic carbocycles. The molecule has 0 aliphatic heterocycles. The summed E-state index contributed by atoms with van der Waals surface area (Å²) in [5.41, 5.74) is -0.368. The first-order chi connectivity index (χ1) is 14.7. The minimum absolute atomic E-state index is 0.0108. The lowest BCUT2D eigenvalue weighted by Crippen LogP contribution is -2.29. The van der Waals surface area contributed by atoms with Crippen molar-refractivity contribution in [2.45, 2.75) is 50.6 Å². The van der Waals surface area contributed by atoms with Gasteiger partial charge in [0.25, 0.3) is 5.91 Å². The van der Waals surface area contributed by atoms with Crippen molar-refractivity contribution < 1.29 is 32.6 Å². The fourth-order valence-corrected chi connectivity index (χ4v) is 3.66. The predicted molar refractivity (Wildman–Crippen MR) is 105 cm³/mol. The van der Waals surface area contributed by atoms with Crippen LogP contribution in [-0.4, -0.2) is 40.1 Å². The van der Waals surface area contributed by atoms with Crippen LogP contribution in [-0.2, 0) is 17.5 Å². The van der Waals surface area contributed by atoms with Crippen LogP contribution in [0.4, 0.5) is 23.7 Å². The zero-order valence-electron chi connectivity index (χ0n) is 16.8. The molecule has 0 spiro atoms. The molecule has 0 bridgehead atoms. The Bertz CT molecular complexity index is 937. The Labute approximate surface area is 176 Å². The summed E-state index contributed by atoms with van der Waals surface area (Å²) in [4.78, 5) is 23.5. The highest BCUT2D eigenvalue weighted by atomic mass is 19.4. The van der Waals surface area contributed by atoms with Crippen molar-refractivity contribution >= 4 is 17.7 Å². The van der Waals surface area contributed by atoms with Gasteiger partial charge >= 0.3 is 12.3 Å². The van der Waals surface area contributed by atoms with Gasteiger partial charge in [-0.15, -0.1) is 0 Å². The van der Waals surface area contributed by atoms with E-state index in [1.54, 1.807) is 25.3 Å². The molecule has 3 rings (SSSR count). The van der Waals surface area contributed by atoms with Gasteiger partial charge in [0.2, 0.25) is 0 Å². The van der Waals surface area contributed by atoms with Crippen LogP contribution in [0.2, 0.25) is 0 Å². The van der Waals surface area contributed by atoms with Crippen molar-refractivity contribution in [3.63, 3.8) is 0 Å². The molecule has 11 heteroatoms. The molecule has 2 amide bonds. The van der Waals surface area contributed by atoms with Crippen LogP contribution >= 0.6 is 0 Å². The van der Waals surface area contributed by atoms with Crippen LogP contribution in [0.3, 0.4) is 0 Å². The molecule has 1 aliphatic rings. The normalized spacial score (nSPS) is 19.1. The van der Waals surface area contributed by atoms with E-state index >= 15 is 0 Å². The quantitative estimate of drug-likeness (QED) is 0.629. The summed E-state index contributed by atoms with van der Waals surface area (Å²) in [6.07, 6.45) is -3.38. The number of methoxy groups -OCH3 is 1. The van der Waals surface area contributed by atoms with Crippen LogP contribution in [0.25, 0.3) is 0 Å². The molecule has 3 N–H and O–H groups in total. The highest BCUT2D eigenvalue weighted by Crippen LogP contribution is 2.34. The second-order valence-corrected chi connectivity index (χ2v) is 7.34. The monoisotopic (exact) mass is 440 g/mol. The Morgan fingerprint density at radius 1 is 1.23 bits per heavy atom. The van der Waals surface area contributed by atoms with Crippen LogP contribution < -0.4 is 10.6 Å². The van der Waals surface area contributed by atoms with Crippen molar-refractivity contribution in [2.75, 3.05) is 12.4 Å². The molecule has 0 radical (unpaired) electrons. The number of hydrogen-bond donors (Lipinski definition) is 3. The first-order valence-corrected chi connectivity index (χ1v) is 9.74. The summed E-state index contributed by atoms with van der Waals surface area (Å²) in [5, 5.41) is 17.3. The fraction of sp³-hybridized carbons (Fsp3) is 0.450. The van der Waals surface area contributed by atoms with Crippen molar-refractivity contribution in [1.82, 2.24) is 15.1 Å². The van der Waals surface area contributed by atoms with Gasteiger partial charge in [-0.05, 0) is 43.4 Å². The molecule has 1 aromatic heterocycles. The molecular formula is C20H23F3N4O4. The number of nitrogens with one attached hydrogen (secondary N) is 2. The predicted octanol–water partition coefficient (Wildman–Crippen LogP) is 4.05. The molecule has 1 aliphatic carbocycles. The third kappa shape index (κ3) is 5.75. The van der Waals surface area contributed by atoms with E-state index in [1.807, 2.05) is 0 Å². The lowest BCUT2D eigenvalue weighted by atomic mass is 9.93. The topological polar surface area (TPSA) is 105 Å². The number of hydrogen-bond acceptors (Lipinski definition) is 4. The smallest absolute Gasteiger partial charge is 0.435 e. The number of carboxylic acid groups (broad SMARTS) is 1. The maximum absolute atomic E-state index is 13.2. The zero-order chi connectivity index (χ0) is 22.6. The Morgan fingerprint density at radius 2 is 1.94 bits per heavy atom. The van der Waals surface area contributed by atoms with E-state index in [4.69, 9.17) is 9.84 Å². The Hall–Kier alpha value is -3.08. The summed E-state index contributed by atoms with van der Waals surface area (Å²) in [5.74, 6) is -0.687. The number of carbonyl (C=O) groups excluding carboxylic acids is 1. The number of nitrogens with zero attached hydrogens (tertiary/aromatic N) is 2. The summed E-state index contributed by atoms with van der Waals surface area (Å²) in [6.45, 7) is 0.0108. The summed E-state index contributed by atoms with van der Waals surface area (Å²) in [6, 6.07) is 6.77. The largest absolute Gasteiger partial charge is 0.465 e. The minimum atomic E-state index is -4.67. The van der Waals surface area contributed by atoms with E-state index < -0.39 is 23.9 Å². The van der Waals surface area contributed by atoms with Gasteiger partial charge < -0.3 is 15.2 Å². The maximum atomic E-state index is 13.2. The van der Waals surface area contributed by atoms with Crippen molar-refractivity contribution in [3.05, 3.63) is 47.3 Å². The Kier molecular flexibility index (Phi) is 6.84. The summed E-state index contributed by atoms with van der Waals surface area (Å²) in [7, 11) is 1.60. The first-order valence-electron chi connectivity index (χ1n) is 9.74. The number of benzene rings is 1. The Morgan fingerprint density at radius 3 is 2.55 bits per heavy atom. The molecule has 8 nitrogen and oxygen atoms in total. The van der Waals surface area contributed by atoms with Gasteiger partial charge in [0.05, 0.1) is 12.1 Å². The average molecular weight is 440 g/mol. The molecular weight excluding hydrogens is 417 g/mol. The van der Waals surface area contributed by atoms with E-state index in [1.165, 1.54) is 10.7 Å². The van der Waals surface area contributed by atoms with E-state index in [2.05, 4.69) is 15.7 Å². The standard InChI is InChI=1S/C20H23F3N4O4/c1-31-15-7-5-14(6-8-15)27-16(10-17(26-27)20(21,22)23)18(28)24-11-12-3-2-4-13(9-12)25-19(29)30/h2-4,9-10,14-15,25H,5-8,11H2,1H3,(H,24,28)(H,29,30). The van der Waals surface area contributed by atoms with Crippen LogP contribution in [0, 0.1) is 0 Å². The third-order valence-electron chi connectivity index (χ3n) is 5.21. The lowest BCUT2D eigenvalue weighted by Gasteiger charge is -2.28. The van der Waals surface area contributed by atoms with Crippen molar-refractivity contribution in [3.8, 4) is 0 Å². The molecule has 0 unspecified atom stereocenters. The molecule has 0 atom stereocenters. The fourth-order valence-electron chi connectivity index (χ4n) is 3.66. The number of amides is 2. The maximum Gasteiger partial charge on any atom is 0.435 e. The van der Waals surface area contributed by atoms with E-state index in [9.17, 15) is 22.8 Å². The highest BCUT2D eigenvalue weighted by molar-refractivity contribution is 5.92. The van der Waals surface area contributed by atoms with Crippen LogP contribution in [0.1, 0.15) is 53.5 Å². The third-order valence-corrected chi connectivity index (χ3v) is 5.21. The van der Waals surface area contributed by atoms with Gasteiger partial charge in [-0.25, -0.2) is 4.79 Å². The van der Waals surface area contributed by atoms with E-state index in [-0.39, 0.29) is 24.4 Å². The van der Waals surface area contributed by atoms with Crippen molar-refractivity contribution in [2.24, 2.45) is 0 Å². The lowest BCUT2D eigenvalue weighted by molar-refractivity contribution is -0.141. The van der Waals surface area contributed by atoms with Gasteiger partial charge in [0, 0.05) is 25.4 Å². The van der Waals surface area contributed by atoms with E-state index in [0.29, 0.717) is 36.9 Å². The molecule has 1 fully saturated rings. The first kappa shape index (κ1) is 22.6. The number of carbonyl (C=O) groups is 2.